The van der Waals surface area contributed by atoms with E-state index in [0.717, 1.165) is 17.8 Å². The van der Waals surface area contributed by atoms with Gasteiger partial charge in [0.25, 0.3) is 0 Å². The van der Waals surface area contributed by atoms with Gasteiger partial charge in [0.05, 0.1) is 6.10 Å². The number of hydrogen-bond donors (Lipinski definition) is 1. The van der Waals surface area contributed by atoms with E-state index in [1.807, 2.05) is 0 Å². The van der Waals surface area contributed by atoms with Crippen LogP contribution in [-0.4, -0.2) is 50.1 Å². The van der Waals surface area contributed by atoms with Gasteiger partial charge in [-0.15, -0.1) is 11.3 Å². The van der Waals surface area contributed by atoms with Crippen LogP contribution in [0, 0.1) is 0 Å². The summed E-state index contributed by atoms with van der Waals surface area (Å²) in [6.45, 7) is 0.671. The van der Waals surface area contributed by atoms with Gasteiger partial charge in [-0.1, -0.05) is 0 Å². The second-order valence-electron chi connectivity index (χ2n) is 4.28. The summed E-state index contributed by atoms with van der Waals surface area (Å²) in [7, 11) is -2.20. The highest BCUT2D eigenvalue weighted by molar-refractivity contribution is 7.89. The van der Waals surface area contributed by atoms with E-state index < -0.39 is 16.0 Å². The summed E-state index contributed by atoms with van der Waals surface area (Å²) in [6, 6.07) is 1.35. The Hall–Kier alpha value is -0.960. The highest BCUT2D eigenvalue weighted by Crippen LogP contribution is 2.27. The SMILES string of the molecule is COC1CCCN(S(=O)(=O)c2ccsc2C(=O)O)C1. The number of methoxy groups -OCH3 is 1. The number of carboxylic acids is 1. The summed E-state index contributed by atoms with van der Waals surface area (Å²) in [5, 5.41) is 10.5. The van der Waals surface area contributed by atoms with E-state index in [4.69, 9.17) is 9.84 Å². The van der Waals surface area contributed by atoms with E-state index in [9.17, 15) is 13.2 Å². The second-order valence-corrected chi connectivity index (χ2v) is 7.10. The molecule has 1 saturated heterocycles. The fraction of sp³-hybridized carbons (Fsp3) is 0.545. The average molecular weight is 305 g/mol. The Balaban J connectivity index is 2.31. The highest BCUT2D eigenvalue weighted by Gasteiger charge is 2.33. The first-order valence-corrected chi connectivity index (χ1v) is 8.12. The molecule has 0 spiro atoms. The van der Waals surface area contributed by atoms with Crippen LogP contribution >= 0.6 is 11.3 Å². The molecular formula is C11H15NO5S2. The number of sulfonamides is 1. The zero-order valence-electron chi connectivity index (χ0n) is 10.4. The van der Waals surface area contributed by atoms with Gasteiger partial charge in [-0.3, -0.25) is 0 Å². The fourth-order valence-corrected chi connectivity index (χ4v) is 4.85. The normalized spacial score (nSPS) is 21.4. The van der Waals surface area contributed by atoms with Crippen molar-refractivity contribution in [2.75, 3.05) is 20.2 Å². The number of nitrogens with zero attached hydrogens (tertiary/aromatic N) is 1. The number of hydrogen-bond acceptors (Lipinski definition) is 5. The number of carbonyl (C=O) groups is 1. The van der Waals surface area contributed by atoms with E-state index in [2.05, 4.69) is 0 Å². The molecule has 2 rings (SSSR count). The number of aromatic carboxylic acids is 1. The Labute approximate surface area is 115 Å². The molecule has 0 aliphatic carbocycles. The molecule has 1 N–H and O–H groups in total. The minimum atomic E-state index is -3.75. The fourth-order valence-electron chi connectivity index (χ4n) is 2.11. The minimum absolute atomic E-state index is 0.123. The van der Waals surface area contributed by atoms with Gasteiger partial charge in [-0.2, -0.15) is 4.31 Å². The van der Waals surface area contributed by atoms with E-state index >= 15 is 0 Å². The van der Waals surface area contributed by atoms with Gasteiger partial charge >= 0.3 is 5.97 Å². The molecule has 1 aliphatic heterocycles. The summed E-state index contributed by atoms with van der Waals surface area (Å²) in [6.07, 6.45) is 1.40. The Morgan fingerprint density at radius 2 is 2.32 bits per heavy atom. The van der Waals surface area contributed by atoms with Gasteiger partial charge < -0.3 is 9.84 Å². The van der Waals surface area contributed by atoms with Crippen molar-refractivity contribution in [2.24, 2.45) is 0 Å². The molecule has 1 fully saturated rings. The monoisotopic (exact) mass is 305 g/mol. The molecule has 0 bridgehead atoms. The van der Waals surface area contributed by atoms with Crippen LogP contribution in [0.4, 0.5) is 0 Å². The smallest absolute Gasteiger partial charge is 0.347 e. The molecule has 1 aromatic rings. The van der Waals surface area contributed by atoms with Gasteiger partial charge in [-0.05, 0) is 24.3 Å². The molecule has 0 amide bonds. The van der Waals surface area contributed by atoms with Crippen LogP contribution in [0.15, 0.2) is 16.3 Å². The molecule has 2 heterocycles. The summed E-state index contributed by atoms with van der Waals surface area (Å²) in [5.74, 6) is -1.21. The first kappa shape index (κ1) is 14.4. The van der Waals surface area contributed by atoms with Crippen LogP contribution in [0.3, 0.4) is 0 Å². The second kappa shape index (κ2) is 5.58. The van der Waals surface area contributed by atoms with Crippen molar-refractivity contribution in [1.82, 2.24) is 4.31 Å². The van der Waals surface area contributed by atoms with Crippen LogP contribution in [0.5, 0.6) is 0 Å². The predicted molar refractivity (Wildman–Crippen MR) is 70.1 cm³/mol. The topological polar surface area (TPSA) is 83.9 Å². The molecular weight excluding hydrogens is 290 g/mol. The number of piperidine rings is 1. The number of thiophene rings is 1. The molecule has 0 saturated carbocycles. The van der Waals surface area contributed by atoms with Crippen LogP contribution in [0.1, 0.15) is 22.5 Å². The third-order valence-electron chi connectivity index (χ3n) is 3.12. The maximum absolute atomic E-state index is 12.4. The molecule has 8 heteroatoms. The van der Waals surface area contributed by atoms with E-state index in [0.29, 0.717) is 13.0 Å². The van der Waals surface area contributed by atoms with Crippen molar-refractivity contribution < 1.29 is 23.1 Å². The molecule has 19 heavy (non-hydrogen) atoms. The van der Waals surface area contributed by atoms with Gasteiger partial charge in [0.2, 0.25) is 10.0 Å². The summed E-state index contributed by atoms with van der Waals surface area (Å²) in [4.78, 5) is 10.8. The van der Waals surface area contributed by atoms with E-state index in [-0.39, 0.29) is 22.4 Å². The van der Waals surface area contributed by atoms with Crippen molar-refractivity contribution in [3.63, 3.8) is 0 Å². The number of ether oxygens (including phenoxy) is 1. The van der Waals surface area contributed by atoms with Crippen LogP contribution in [-0.2, 0) is 14.8 Å². The van der Waals surface area contributed by atoms with Crippen LogP contribution in [0.2, 0.25) is 0 Å². The quantitative estimate of drug-likeness (QED) is 0.905. The Kier molecular flexibility index (Phi) is 4.24. The third-order valence-corrected chi connectivity index (χ3v) is 6.05. The predicted octanol–water partition coefficient (Wildman–Crippen LogP) is 1.25. The molecule has 1 aliphatic rings. The Bertz CT molecular complexity index is 565. The largest absolute Gasteiger partial charge is 0.477 e. The maximum atomic E-state index is 12.4. The zero-order valence-corrected chi connectivity index (χ0v) is 12.0. The van der Waals surface area contributed by atoms with Crippen LogP contribution < -0.4 is 0 Å². The van der Waals surface area contributed by atoms with E-state index in [1.54, 1.807) is 7.11 Å². The lowest BCUT2D eigenvalue weighted by Gasteiger charge is -2.30. The van der Waals surface area contributed by atoms with Crippen molar-refractivity contribution in [1.29, 1.82) is 0 Å². The maximum Gasteiger partial charge on any atom is 0.347 e. The van der Waals surface area contributed by atoms with Crippen molar-refractivity contribution in [3.05, 3.63) is 16.3 Å². The summed E-state index contributed by atoms with van der Waals surface area (Å²) in [5.41, 5.74) is 0. The van der Waals surface area contributed by atoms with Gasteiger partial charge in [0, 0.05) is 20.2 Å². The Morgan fingerprint density at radius 3 is 2.95 bits per heavy atom. The molecule has 0 aromatic carbocycles. The van der Waals surface area contributed by atoms with Crippen molar-refractivity contribution in [3.8, 4) is 0 Å². The van der Waals surface area contributed by atoms with Gasteiger partial charge in [0.1, 0.15) is 9.77 Å². The van der Waals surface area contributed by atoms with Crippen LogP contribution in [0.25, 0.3) is 0 Å². The first-order chi connectivity index (χ1) is 8.96. The molecule has 1 unspecified atom stereocenters. The molecule has 1 aromatic heterocycles. The minimum Gasteiger partial charge on any atom is -0.477 e. The van der Waals surface area contributed by atoms with Crippen molar-refractivity contribution >= 4 is 27.3 Å². The molecule has 1 atom stereocenters. The lowest BCUT2D eigenvalue weighted by Crippen LogP contribution is -2.43. The van der Waals surface area contributed by atoms with Gasteiger partial charge in [0.15, 0.2) is 0 Å². The van der Waals surface area contributed by atoms with E-state index in [1.165, 1.54) is 15.8 Å². The highest BCUT2D eigenvalue weighted by atomic mass is 32.2. The standard InChI is InChI=1S/C11H15NO5S2/c1-17-8-3-2-5-12(7-8)19(15,16)9-4-6-18-10(9)11(13)14/h4,6,8H,2-3,5,7H2,1H3,(H,13,14). The Morgan fingerprint density at radius 1 is 1.58 bits per heavy atom. The molecule has 0 radical (unpaired) electrons. The first-order valence-electron chi connectivity index (χ1n) is 5.80. The summed E-state index contributed by atoms with van der Waals surface area (Å²) >= 11 is 0.918. The lowest BCUT2D eigenvalue weighted by molar-refractivity contribution is 0.0571. The van der Waals surface area contributed by atoms with Gasteiger partial charge in [-0.25, -0.2) is 13.2 Å². The molecule has 106 valence electrons. The summed E-state index contributed by atoms with van der Waals surface area (Å²) < 4.78 is 31.4. The third kappa shape index (κ3) is 2.81. The van der Waals surface area contributed by atoms with Crippen molar-refractivity contribution in [2.45, 2.75) is 23.8 Å². The zero-order chi connectivity index (χ0) is 14.0. The molecule has 6 nitrogen and oxygen atoms in total. The lowest BCUT2D eigenvalue weighted by atomic mass is 10.1. The number of carboxylic acid groups (broad SMARTS) is 1. The average Bonchev–Trinajstić information content (AvgIpc) is 2.89. The number of rotatable bonds is 4.